The number of quaternary nitrogens is 1. The van der Waals surface area contributed by atoms with Crippen LogP contribution < -0.4 is 10.2 Å². The van der Waals surface area contributed by atoms with Crippen LogP contribution in [-0.2, 0) is 9.53 Å². The van der Waals surface area contributed by atoms with Crippen molar-refractivity contribution in [2.24, 2.45) is 0 Å². The van der Waals surface area contributed by atoms with Gasteiger partial charge in [0.2, 0.25) is 0 Å². The number of ether oxygens (including phenoxy) is 1. The summed E-state index contributed by atoms with van der Waals surface area (Å²) in [7, 11) is 0. The summed E-state index contributed by atoms with van der Waals surface area (Å²) in [6.45, 7) is 4.87. The average molecular weight is 317 g/mol. The second-order valence-electron chi connectivity index (χ2n) is 4.88. The fraction of sp³-hybridized carbons (Fsp3) is 0.500. The number of nitrogens with one attached hydrogen (secondary N) is 2. The zero-order chi connectivity index (χ0) is 15.2. The Balaban J connectivity index is 1.89. The van der Waals surface area contributed by atoms with E-state index in [2.05, 4.69) is 5.32 Å². The topological polar surface area (TPSA) is 42.8 Å². The van der Waals surface area contributed by atoms with Crippen LogP contribution in [0.4, 0.5) is 14.5 Å². The first kappa shape index (κ1) is 16.2. The minimum Gasteiger partial charge on any atom is -0.370 e. The number of alkyl halides is 2. The fourth-order valence-electron chi connectivity index (χ4n) is 2.22. The average Bonchev–Trinajstić information content (AvgIpc) is 2.49. The molecule has 4 nitrogen and oxygen atoms in total. The molecule has 1 aliphatic heterocycles. The molecule has 2 N–H and O–H groups in total. The summed E-state index contributed by atoms with van der Waals surface area (Å²) in [5.41, 5.74) is 0.623. The summed E-state index contributed by atoms with van der Waals surface area (Å²) in [6, 6.07) is 6.29. The number of halogens is 2. The van der Waals surface area contributed by atoms with E-state index in [1.807, 2.05) is 6.92 Å². The third kappa shape index (κ3) is 4.94. The largest absolute Gasteiger partial charge is 0.370 e. The molecule has 0 aromatic heterocycles. The van der Waals surface area contributed by atoms with Crippen LogP contribution in [0.25, 0.3) is 0 Å². The van der Waals surface area contributed by atoms with Gasteiger partial charge in [0.05, 0.1) is 13.2 Å². The number of anilines is 1. The first-order chi connectivity index (χ1) is 10.1. The van der Waals surface area contributed by atoms with Crippen molar-refractivity contribution in [2.45, 2.75) is 23.6 Å². The molecular formula is C14H19F2N2O2S+. The smallest absolute Gasteiger partial charge is 0.288 e. The predicted octanol–water partition coefficient (Wildman–Crippen LogP) is 1.24. The molecule has 1 aromatic rings. The first-order valence-electron chi connectivity index (χ1n) is 6.84. The van der Waals surface area contributed by atoms with Gasteiger partial charge in [-0.25, -0.2) is 0 Å². The number of morpholine rings is 1. The third-order valence-corrected chi connectivity index (χ3v) is 4.21. The van der Waals surface area contributed by atoms with E-state index in [0.717, 1.165) is 13.1 Å². The molecule has 1 atom stereocenters. The van der Waals surface area contributed by atoms with E-state index in [9.17, 15) is 13.6 Å². The molecule has 1 fully saturated rings. The lowest BCUT2D eigenvalue weighted by atomic mass is 10.2. The molecule has 7 heteroatoms. The number of carbonyl (C=O) groups is 1. The molecule has 0 radical (unpaired) electrons. The van der Waals surface area contributed by atoms with Crippen molar-refractivity contribution in [3.05, 3.63) is 24.3 Å². The summed E-state index contributed by atoms with van der Waals surface area (Å²) in [5.74, 6) is -2.50. The Morgan fingerprint density at radius 1 is 1.29 bits per heavy atom. The number of thioether (sulfide) groups is 1. The van der Waals surface area contributed by atoms with Crippen molar-refractivity contribution in [2.75, 3.05) is 31.6 Å². The highest BCUT2D eigenvalue weighted by atomic mass is 32.2. The maximum Gasteiger partial charge on any atom is 0.288 e. The summed E-state index contributed by atoms with van der Waals surface area (Å²) in [4.78, 5) is 13.9. The van der Waals surface area contributed by atoms with Crippen LogP contribution in [0.2, 0.25) is 0 Å². The number of carbonyl (C=O) groups excluding carboxylic acids is 1. The third-order valence-electron chi connectivity index (χ3n) is 3.49. The second-order valence-corrected chi connectivity index (χ2v) is 5.95. The number of hydrogen-bond donors (Lipinski definition) is 2. The van der Waals surface area contributed by atoms with E-state index in [4.69, 9.17) is 4.74 Å². The maximum absolute atomic E-state index is 12.2. The highest BCUT2D eigenvalue weighted by molar-refractivity contribution is 7.99. The van der Waals surface area contributed by atoms with E-state index < -0.39 is 5.76 Å². The standard InChI is InChI=1S/C14H18F2N2O2S/c1-10(18-6-8-20-9-7-18)13(19)17-11-2-4-12(5-3-11)21-14(15)16/h2-5,10,14H,6-9H2,1H3,(H,17,19)/p+1/t10-/m1/s1. The summed E-state index contributed by atoms with van der Waals surface area (Å²) in [6.07, 6.45) is 0. The molecule has 1 aliphatic rings. The zero-order valence-electron chi connectivity index (χ0n) is 11.8. The lowest BCUT2D eigenvalue weighted by Crippen LogP contribution is -3.18. The number of hydrogen-bond acceptors (Lipinski definition) is 3. The van der Waals surface area contributed by atoms with Crippen molar-refractivity contribution in [1.29, 1.82) is 0 Å². The van der Waals surface area contributed by atoms with Crippen LogP contribution in [0.1, 0.15) is 6.92 Å². The fourth-order valence-corrected chi connectivity index (χ4v) is 2.72. The van der Waals surface area contributed by atoms with Crippen molar-refractivity contribution in [3.8, 4) is 0 Å². The van der Waals surface area contributed by atoms with Gasteiger partial charge in [0.15, 0.2) is 6.04 Å². The summed E-state index contributed by atoms with van der Waals surface area (Å²) < 4.78 is 29.7. The van der Waals surface area contributed by atoms with Gasteiger partial charge in [-0.1, -0.05) is 11.8 Å². The van der Waals surface area contributed by atoms with Gasteiger partial charge in [0.1, 0.15) is 13.1 Å². The van der Waals surface area contributed by atoms with Crippen molar-refractivity contribution in [3.63, 3.8) is 0 Å². The Hall–Kier alpha value is -1.18. The minimum absolute atomic E-state index is 0.0684. The quantitative estimate of drug-likeness (QED) is 0.803. The minimum atomic E-state index is -2.43. The van der Waals surface area contributed by atoms with Gasteiger partial charge >= 0.3 is 0 Å². The molecule has 0 aliphatic carbocycles. The zero-order valence-corrected chi connectivity index (χ0v) is 12.6. The molecular weight excluding hydrogens is 298 g/mol. The predicted molar refractivity (Wildman–Crippen MR) is 77.9 cm³/mol. The van der Waals surface area contributed by atoms with E-state index in [1.54, 1.807) is 24.3 Å². The molecule has 2 rings (SSSR count). The Bertz CT molecular complexity index is 465. The Labute approximate surface area is 126 Å². The van der Waals surface area contributed by atoms with E-state index in [0.29, 0.717) is 35.6 Å². The molecule has 1 aromatic carbocycles. The molecule has 21 heavy (non-hydrogen) atoms. The number of amides is 1. The van der Waals surface area contributed by atoms with E-state index >= 15 is 0 Å². The van der Waals surface area contributed by atoms with Crippen LogP contribution in [-0.4, -0.2) is 44.0 Å². The van der Waals surface area contributed by atoms with E-state index in [-0.39, 0.29) is 11.9 Å². The Kier molecular flexibility index (Phi) is 5.96. The molecule has 1 amide bonds. The number of benzene rings is 1. The molecule has 0 unspecified atom stereocenters. The van der Waals surface area contributed by atoms with Gasteiger partial charge in [0.25, 0.3) is 11.7 Å². The van der Waals surface area contributed by atoms with Crippen LogP contribution in [0.15, 0.2) is 29.2 Å². The highest BCUT2D eigenvalue weighted by Crippen LogP contribution is 2.26. The maximum atomic E-state index is 12.2. The van der Waals surface area contributed by atoms with E-state index in [1.165, 1.54) is 4.90 Å². The van der Waals surface area contributed by atoms with Gasteiger partial charge in [-0.3, -0.25) is 4.79 Å². The van der Waals surface area contributed by atoms with Crippen LogP contribution in [0.5, 0.6) is 0 Å². The van der Waals surface area contributed by atoms with Crippen LogP contribution in [0, 0.1) is 0 Å². The Morgan fingerprint density at radius 3 is 2.48 bits per heavy atom. The van der Waals surface area contributed by atoms with Gasteiger partial charge in [-0.2, -0.15) is 8.78 Å². The molecule has 1 saturated heterocycles. The summed E-state index contributed by atoms with van der Waals surface area (Å²) in [5, 5.41) is 2.82. The summed E-state index contributed by atoms with van der Waals surface area (Å²) >= 11 is 0.491. The van der Waals surface area contributed by atoms with Gasteiger partial charge in [-0.05, 0) is 31.2 Å². The van der Waals surface area contributed by atoms with Crippen molar-refractivity contribution in [1.82, 2.24) is 0 Å². The monoisotopic (exact) mass is 317 g/mol. The molecule has 0 bridgehead atoms. The highest BCUT2D eigenvalue weighted by Gasteiger charge is 2.26. The second kappa shape index (κ2) is 7.72. The molecule has 0 saturated carbocycles. The van der Waals surface area contributed by atoms with Gasteiger partial charge in [0, 0.05) is 10.6 Å². The SMILES string of the molecule is C[C@H](C(=O)Nc1ccc(SC(F)F)cc1)[NH+]1CCOCC1. The lowest BCUT2D eigenvalue weighted by molar-refractivity contribution is -0.921. The molecule has 116 valence electrons. The number of rotatable bonds is 5. The van der Waals surface area contributed by atoms with Gasteiger partial charge < -0.3 is 15.0 Å². The van der Waals surface area contributed by atoms with Crippen LogP contribution in [0.3, 0.4) is 0 Å². The molecule has 0 spiro atoms. The van der Waals surface area contributed by atoms with Crippen molar-refractivity contribution < 1.29 is 23.2 Å². The lowest BCUT2D eigenvalue weighted by Gasteiger charge is -2.28. The van der Waals surface area contributed by atoms with Crippen LogP contribution >= 0.6 is 11.8 Å². The van der Waals surface area contributed by atoms with Gasteiger partial charge in [-0.15, -0.1) is 0 Å². The van der Waals surface area contributed by atoms with Crippen molar-refractivity contribution >= 4 is 23.4 Å². The molecule has 1 heterocycles. The first-order valence-corrected chi connectivity index (χ1v) is 7.72. The normalized spacial score (nSPS) is 17.7. The Morgan fingerprint density at radius 2 is 1.90 bits per heavy atom.